The Morgan fingerprint density at radius 2 is 1.87 bits per heavy atom. The molecule has 0 fully saturated rings. The van der Waals surface area contributed by atoms with Crippen molar-refractivity contribution in [3.05, 3.63) is 24.3 Å². The van der Waals surface area contributed by atoms with Gasteiger partial charge in [0, 0.05) is 6.04 Å². The Morgan fingerprint density at radius 3 is 2.35 bits per heavy atom. The number of allylic oxidation sites excluding steroid dienone is 2. The molecule has 0 saturated heterocycles. The van der Waals surface area contributed by atoms with Crippen LogP contribution in [0.2, 0.25) is 0 Å². The lowest BCUT2D eigenvalue weighted by molar-refractivity contribution is -0.142. The van der Waals surface area contributed by atoms with Gasteiger partial charge in [0.15, 0.2) is 0 Å². The number of hydrogen-bond donors (Lipinski definition) is 4. The van der Waals surface area contributed by atoms with Gasteiger partial charge in [0.05, 0.1) is 6.04 Å². The highest BCUT2D eigenvalue weighted by atomic mass is 16.4. The van der Waals surface area contributed by atoms with Crippen LogP contribution in [0.1, 0.15) is 33.1 Å². The number of carbonyl (C=O) groups excluding carboxylic acids is 1. The third-order valence-corrected chi connectivity index (χ3v) is 4.37. The maximum Gasteiger partial charge on any atom is 0.326 e. The molecule has 130 valence electrons. The molecule has 3 atom stereocenters. The molecule has 0 aromatic carbocycles. The van der Waals surface area contributed by atoms with Crippen LogP contribution in [0, 0.1) is 11.8 Å². The summed E-state index contributed by atoms with van der Waals surface area (Å²) < 4.78 is 0. The highest BCUT2D eigenvalue weighted by Crippen LogP contribution is 2.17. The largest absolute Gasteiger partial charge is 0.480 e. The molecule has 0 radical (unpaired) electrons. The van der Waals surface area contributed by atoms with Gasteiger partial charge >= 0.3 is 5.97 Å². The fourth-order valence-corrected chi connectivity index (χ4v) is 2.65. The van der Waals surface area contributed by atoms with E-state index in [4.69, 9.17) is 5.73 Å². The van der Waals surface area contributed by atoms with Gasteiger partial charge in [0.25, 0.3) is 0 Å². The number of carboxylic acids is 1. The second-order valence-electron chi connectivity index (χ2n) is 6.14. The first-order valence-electron chi connectivity index (χ1n) is 8.21. The van der Waals surface area contributed by atoms with Crippen LogP contribution in [0.3, 0.4) is 0 Å². The highest BCUT2D eigenvalue weighted by Gasteiger charge is 2.27. The van der Waals surface area contributed by atoms with Crippen molar-refractivity contribution in [2.75, 3.05) is 7.05 Å². The van der Waals surface area contributed by atoms with Crippen LogP contribution in [-0.2, 0) is 9.59 Å². The van der Waals surface area contributed by atoms with Crippen LogP contribution in [0.25, 0.3) is 0 Å². The first kappa shape index (κ1) is 19.4. The van der Waals surface area contributed by atoms with Gasteiger partial charge in [-0.3, -0.25) is 4.79 Å². The van der Waals surface area contributed by atoms with Crippen LogP contribution in [0.15, 0.2) is 24.3 Å². The molecular weight excluding hydrogens is 294 g/mol. The molecule has 1 amide bonds. The van der Waals surface area contributed by atoms with Crippen LogP contribution in [-0.4, -0.2) is 42.2 Å². The quantitative estimate of drug-likeness (QED) is 0.475. The average Bonchev–Trinajstić information content (AvgIpc) is 2.53. The Hall–Kier alpha value is -1.66. The molecule has 1 aliphatic carbocycles. The minimum Gasteiger partial charge on any atom is -0.480 e. The van der Waals surface area contributed by atoms with E-state index in [1.165, 1.54) is 0 Å². The van der Waals surface area contributed by atoms with Gasteiger partial charge in [-0.2, -0.15) is 0 Å². The predicted octanol–water partition coefficient (Wildman–Crippen LogP) is 1.04. The van der Waals surface area contributed by atoms with Gasteiger partial charge in [-0.15, -0.1) is 0 Å². The molecule has 23 heavy (non-hydrogen) atoms. The van der Waals surface area contributed by atoms with Crippen molar-refractivity contribution in [1.82, 2.24) is 10.6 Å². The first-order chi connectivity index (χ1) is 10.9. The summed E-state index contributed by atoms with van der Waals surface area (Å²) in [5.41, 5.74) is 5.73. The molecule has 1 rings (SSSR count). The second kappa shape index (κ2) is 9.47. The summed E-state index contributed by atoms with van der Waals surface area (Å²) in [5.74, 6) is -0.952. The summed E-state index contributed by atoms with van der Waals surface area (Å²) in [7, 11) is 1.72. The summed E-state index contributed by atoms with van der Waals surface area (Å²) in [4.78, 5) is 23.7. The minimum atomic E-state index is -1.00. The van der Waals surface area contributed by atoms with Crippen LogP contribution in [0.5, 0.6) is 0 Å². The molecule has 0 aromatic rings. The maximum absolute atomic E-state index is 12.3. The van der Waals surface area contributed by atoms with Gasteiger partial charge in [0.2, 0.25) is 5.91 Å². The molecule has 0 saturated carbocycles. The molecule has 0 spiro atoms. The monoisotopic (exact) mass is 323 g/mol. The molecule has 0 aliphatic heterocycles. The van der Waals surface area contributed by atoms with E-state index in [2.05, 4.69) is 10.6 Å². The Kier molecular flexibility index (Phi) is 7.98. The highest BCUT2D eigenvalue weighted by molar-refractivity contribution is 5.87. The maximum atomic E-state index is 12.3. The summed E-state index contributed by atoms with van der Waals surface area (Å²) in [6, 6.07) is -1.32. The van der Waals surface area contributed by atoms with E-state index < -0.39 is 12.0 Å². The van der Waals surface area contributed by atoms with E-state index in [1.807, 2.05) is 38.2 Å². The molecule has 6 nitrogen and oxygen atoms in total. The summed E-state index contributed by atoms with van der Waals surface area (Å²) in [6.07, 6.45) is 9.66. The molecule has 5 N–H and O–H groups in total. The Bertz CT molecular complexity index is 448. The van der Waals surface area contributed by atoms with Crippen molar-refractivity contribution >= 4 is 11.9 Å². The van der Waals surface area contributed by atoms with Gasteiger partial charge < -0.3 is 21.5 Å². The van der Waals surface area contributed by atoms with Crippen molar-refractivity contribution in [3.8, 4) is 0 Å². The predicted molar refractivity (Wildman–Crippen MR) is 90.8 cm³/mol. The van der Waals surface area contributed by atoms with E-state index in [1.54, 1.807) is 7.05 Å². The van der Waals surface area contributed by atoms with Crippen LogP contribution >= 0.6 is 0 Å². The molecule has 0 unspecified atom stereocenters. The van der Waals surface area contributed by atoms with Crippen LogP contribution < -0.4 is 16.4 Å². The number of nitrogens with two attached hydrogens (primary N) is 1. The average molecular weight is 323 g/mol. The van der Waals surface area contributed by atoms with Crippen molar-refractivity contribution in [3.63, 3.8) is 0 Å². The molecule has 0 heterocycles. The number of rotatable bonds is 9. The standard InChI is InChI=1S/C17H29N3O3/c1-4-11(2)15(19-3)16(21)20-14(17(22)23)10-7-12-5-8-13(18)9-6-12/h5-6,8-9,11-15,19H,4,7,10,18H2,1-3H3,(H,20,21)(H,22,23)/t11-,12?,13?,14+,15-/m1/s1. The van der Waals surface area contributed by atoms with Crippen molar-refractivity contribution in [1.29, 1.82) is 0 Å². The van der Waals surface area contributed by atoms with Crippen LogP contribution in [0.4, 0.5) is 0 Å². The SMILES string of the molecule is CC[C@@H](C)[C@@H](NC)C(=O)N[C@@H](CCC1C=CC(N)C=C1)C(=O)O. The Balaban J connectivity index is 2.58. The van der Waals surface area contributed by atoms with Crippen molar-refractivity contribution in [2.45, 2.75) is 51.2 Å². The number of likely N-dealkylation sites (N-methyl/N-ethyl adjacent to an activating group) is 1. The minimum absolute atomic E-state index is 0.0619. The van der Waals surface area contributed by atoms with Gasteiger partial charge in [0.1, 0.15) is 6.04 Å². The van der Waals surface area contributed by atoms with Gasteiger partial charge in [-0.25, -0.2) is 4.79 Å². The fraction of sp³-hybridized carbons (Fsp3) is 0.647. The number of hydrogen-bond acceptors (Lipinski definition) is 4. The first-order valence-corrected chi connectivity index (χ1v) is 8.21. The molecule has 6 heteroatoms. The Labute approximate surface area is 138 Å². The fourth-order valence-electron chi connectivity index (χ4n) is 2.65. The van der Waals surface area contributed by atoms with Gasteiger partial charge in [-0.1, -0.05) is 44.6 Å². The number of carbonyl (C=O) groups is 2. The molecular formula is C17H29N3O3. The zero-order valence-corrected chi connectivity index (χ0v) is 14.2. The van der Waals surface area contributed by atoms with E-state index in [9.17, 15) is 14.7 Å². The number of amides is 1. The number of aliphatic carboxylic acids is 1. The second-order valence-corrected chi connectivity index (χ2v) is 6.14. The zero-order valence-electron chi connectivity index (χ0n) is 14.2. The Morgan fingerprint density at radius 1 is 1.26 bits per heavy atom. The van der Waals surface area contributed by atoms with E-state index in [0.29, 0.717) is 12.8 Å². The van der Waals surface area contributed by atoms with E-state index in [0.717, 1.165) is 6.42 Å². The zero-order chi connectivity index (χ0) is 17.4. The molecule has 0 bridgehead atoms. The lowest BCUT2D eigenvalue weighted by Crippen LogP contribution is -2.51. The smallest absolute Gasteiger partial charge is 0.326 e. The lowest BCUT2D eigenvalue weighted by atomic mass is 9.94. The number of carboxylic acid groups (broad SMARTS) is 1. The summed E-state index contributed by atoms with van der Waals surface area (Å²) >= 11 is 0. The van der Waals surface area contributed by atoms with E-state index >= 15 is 0 Å². The van der Waals surface area contributed by atoms with Crippen molar-refractivity contribution in [2.24, 2.45) is 17.6 Å². The lowest BCUT2D eigenvalue weighted by Gasteiger charge is -2.24. The number of nitrogens with one attached hydrogen (secondary N) is 2. The van der Waals surface area contributed by atoms with Gasteiger partial charge in [-0.05, 0) is 31.7 Å². The third kappa shape index (κ3) is 6.15. The normalized spacial score (nSPS) is 24.0. The van der Waals surface area contributed by atoms with Crippen molar-refractivity contribution < 1.29 is 14.7 Å². The summed E-state index contributed by atoms with van der Waals surface area (Å²) in [6.45, 7) is 3.97. The van der Waals surface area contributed by atoms with E-state index in [-0.39, 0.29) is 29.8 Å². The third-order valence-electron chi connectivity index (χ3n) is 4.37. The molecule has 1 aliphatic rings. The topological polar surface area (TPSA) is 104 Å². The molecule has 0 aromatic heterocycles. The summed E-state index contributed by atoms with van der Waals surface area (Å²) in [5, 5.41) is 15.0.